The van der Waals surface area contributed by atoms with E-state index >= 15 is 0 Å². The summed E-state index contributed by atoms with van der Waals surface area (Å²) >= 11 is 0. The van der Waals surface area contributed by atoms with Gasteiger partial charge in [0.05, 0.1) is 12.3 Å². The summed E-state index contributed by atoms with van der Waals surface area (Å²) in [6.45, 7) is 5.73. The first kappa shape index (κ1) is 23.8. The summed E-state index contributed by atoms with van der Waals surface area (Å²) in [6.07, 6.45) is 10.2. The molecule has 2 aromatic carbocycles. The lowest BCUT2D eigenvalue weighted by Crippen LogP contribution is -2.58. The number of amides is 1. The number of anilines is 1. The van der Waals surface area contributed by atoms with Crippen molar-refractivity contribution in [1.82, 2.24) is 10.2 Å². The van der Waals surface area contributed by atoms with E-state index in [1.165, 1.54) is 64.5 Å². The van der Waals surface area contributed by atoms with E-state index in [2.05, 4.69) is 15.5 Å². The lowest BCUT2D eigenvalue weighted by Gasteiger charge is -2.49. The van der Waals surface area contributed by atoms with Gasteiger partial charge in [-0.25, -0.2) is 0 Å². The van der Waals surface area contributed by atoms with Gasteiger partial charge in [-0.15, -0.1) is 0 Å². The molecule has 1 saturated heterocycles. The molecule has 1 heterocycles. The number of para-hydroxylation sites is 2. The van der Waals surface area contributed by atoms with Crippen molar-refractivity contribution in [3.8, 4) is 5.75 Å². The molecule has 1 saturated carbocycles. The third-order valence-corrected chi connectivity index (χ3v) is 7.29. The maximum absolute atomic E-state index is 13.6. The fourth-order valence-electron chi connectivity index (χ4n) is 5.54. The second-order valence-electron chi connectivity index (χ2n) is 9.48. The average Bonchev–Trinajstić information content (AvgIpc) is 2.87. The number of ether oxygens (including phenoxy) is 1. The minimum absolute atomic E-state index is 0.0436. The van der Waals surface area contributed by atoms with Crippen LogP contribution in [0.3, 0.4) is 0 Å². The lowest BCUT2D eigenvalue weighted by molar-refractivity contribution is -0.118. The Balaban J connectivity index is 1.54. The molecule has 4 rings (SSSR count). The molecule has 33 heavy (non-hydrogen) atoms. The molecule has 0 spiro atoms. The number of hydrogen-bond donors (Lipinski definition) is 2. The molecule has 0 radical (unpaired) electrons. The minimum Gasteiger partial charge on any atom is -0.492 e. The van der Waals surface area contributed by atoms with Gasteiger partial charge >= 0.3 is 0 Å². The Labute approximate surface area is 198 Å². The molecule has 2 aliphatic rings. The molecule has 5 nitrogen and oxygen atoms in total. The van der Waals surface area contributed by atoms with Crippen LogP contribution in [0.15, 0.2) is 54.6 Å². The van der Waals surface area contributed by atoms with Gasteiger partial charge in [-0.3, -0.25) is 9.69 Å². The first-order chi connectivity index (χ1) is 16.2. The second kappa shape index (κ2) is 11.7. The number of nitrogens with one attached hydrogen (secondary N) is 2. The lowest BCUT2D eigenvalue weighted by atomic mass is 9.79. The van der Waals surface area contributed by atoms with Gasteiger partial charge in [0, 0.05) is 12.1 Å². The number of carbonyl (C=O) groups is 1. The highest BCUT2D eigenvalue weighted by atomic mass is 16.5. The predicted molar refractivity (Wildman–Crippen MR) is 135 cm³/mol. The standard InChI is InChI=1S/C28H39N3O2/c1-2-33-25-17-9-8-16-24(25)30-27(32)26(23-14-6-3-7-15-23)29-22-28(18-10-4-11-19-28)31-20-12-5-13-21-31/h3,6-9,14-17,26,29H,2,4-5,10-13,18-22H2,1H3,(H,30,32)/t26-/m1/s1. The second-order valence-corrected chi connectivity index (χ2v) is 9.48. The zero-order chi connectivity index (χ0) is 22.9. The van der Waals surface area contributed by atoms with Crippen LogP contribution in [0, 0.1) is 0 Å². The highest BCUT2D eigenvalue weighted by molar-refractivity contribution is 5.96. The number of carbonyl (C=O) groups excluding carboxylic acids is 1. The summed E-state index contributed by atoms with van der Waals surface area (Å²) in [4.78, 5) is 16.3. The van der Waals surface area contributed by atoms with Gasteiger partial charge < -0.3 is 15.4 Å². The molecule has 2 N–H and O–H groups in total. The first-order valence-corrected chi connectivity index (χ1v) is 12.8. The molecule has 1 amide bonds. The van der Waals surface area contributed by atoms with E-state index in [4.69, 9.17) is 4.74 Å². The summed E-state index contributed by atoms with van der Waals surface area (Å²) in [6, 6.07) is 17.3. The van der Waals surface area contributed by atoms with Gasteiger partial charge in [0.15, 0.2) is 0 Å². The van der Waals surface area contributed by atoms with Crippen LogP contribution in [-0.2, 0) is 4.79 Å². The minimum atomic E-state index is -0.413. The maximum Gasteiger partial charge on any atom is 0.246 e. The Morgan fingerprint density at radius 1 is 0.939 bits per heavy atom. The van der Waals surface area contributed by atoms with E-state index < -0.39 is 6.04 Å². The Kier molecular flexibility index (Phi) is 8.40. The summed E-state index contributed by atoms with van der Waals surface area (Å²) in [7, 11) is 0. The first-order valence-electron chi connectivity index (χ1n) is 12.8. The molecule has 0 bridgehead atoms. The monoisotopic (exact) mass is 449 g/mol. The van der Waals surface area contributed by atoms with Crippen molar-refractivity contribution in [2.45, 2.75) is 69.9 Å². The summed E-state index contributed by atoms with van der Waals surface area (Å²) in [5.74, 6) is 0.662. The smallest absolute Gasteiger partial charge is 0.246 e. The number of rotatable bonds is 9. The molecule has 1 aliphatic heterocycles. The van der Waals surface area contributed by atoms with Gasteiger partial charge in [0.25, 0.3) is 0 Å². The highest BCUT2D eigenvalue weighted by Gasteiger charge is 2.39. The van der Waals surface area contributed by atoms with Crippen LogP contribution < -0.4 is 15.4 Å². The zero-order valence-electron chi connectivity index (χ0n) is 20.0. The molecule has 178 valence electrons. The molecule has 1 atom stereocenters. The Bertz CT molecular complexity index is 874. The molecule has 1 aliphatic carbocycles. The summed E-state index contributed by atoms with van der Waals surface area (Å²) in [5, 5.41) is 6.85. The number of hydrogen-bond acceptors (Lipinski definition) is 4. The van der Waals surface area contributed by atoms with E-state index in [0.717, 1.165) is 17.8 Å². The number of benzene rings is 2. The summed E-state index contributed by atoms with van der Waals surface area (Å²) in [5.41, 5.74) is 1.87. The fourth-order valence-corrected chi connectivity index (χ4v) is 5.54. The predicted octanol–water partition coefficient (Wildman–Crippen LogP) is 5.54. The largest absolute Gasteiger partial charge is 0.492 e. The van der Waals surface area contributed by atoms with Crippen molar-refractivity contribution in [2.75, 3.05) is 31.6 Å². The van der Waals surface area contributed by atoms with Gasteiger partial charge in [0.2, 0.25) is 5.91 Å². The number of piperidine rings is 1. The topological polar surface area (TPSA) is 53.6 Å². The molecule has 0 aromatic heterocycles. The van der Waals surface area contributed by atoms with Gasteiger partial charge in [-0.05, 0) is 63.4 Å². The van der Waals surface area contributed by atoms with Crippen LogP contribution in [0.25, 0.3) is 0 Å². The van der Waals surface area contributed by atoms with Crippen LogP contribution >= 0.6 is 0 Å². The van der Waals surface area contributed by atoms with E-state index in [0.29, 0.717) is 12.4 Å². The van der Waals surface area contributed by atoms with Crippen molar-refractivity contribution in [3.05, 3.63) is 60.2 Å². The Morgan fingerprint density at radius 3 is 2.33 bits per heavy atom. The molecular formula is C28H39N3O2. The average molecular weight is 450 g/mol. The van der Waals surface area contributed by atoms with Gasteiger partial charge in [-0.1, -0.05) is 68.1 Å². The Hall–Kier alpha value is -2.37. The van der Waals surface area contributed by atoms with Gasteiger partial charge in [-0.2, -0.15) is 0 Å². The van der Waals surface area contributed by atoms with Crippen molar-refractivity contribution >= 4 is 11.6 Å². The van der Waals surface area contributed by atoms with Crippen molar-refractivity contribution < 1.29 is 9.53 Å². The third kappa shape index (κ3) is 5.96. The van der Waals surface area contributed by atoms with Gasteiger partial charge in [0.1, 0.15) is 11.8 Å². The van der Waals surface area contributed by atoms with Crippen molar-refractivity contribution in [2.24, 2.45) is 0 Å². The third-order valence-electron chi connectivity index (χ3n) is 7.29. The molecule has 2 aromatic rings. The SMILES string of the molecule is CCOc1ccccc1NC(=O)[C@H](NCC1(N2CCCCC2)CCCCC1)c1ccccc1. The fraction of sp³-hybridized carbons (Fsp3) is 0.536. The van der Waals surface area contributed by atoms with Crippen LogP contribution in [0.4, 0.5) is 5.69 Å². The molecule has 5 heteroatoms. The number of likely N-dealkylation sites (tertiary alicyclic amines) is 1. The van der Waals surface area contributed by atoms with Crippen LogP contribution in [0.1, 0.15) is 69.9 Å². The molecule has 0 unspecified atom stereocenters. The van der Waals surface area contributed by atoms with Crippen LogP contribution in [0.2, 0.25) is 0 Å². The maximum atomic E-state index is 13.6. The number of nitrogens with zero attached hydrogens (tertiary/aromatic N) is 1. The van der Waals surface area contributed by atoms with Crippen LogP contribution in [-0.4, -0.2) is 42.6 Å². The molecule has 2 fully saturated rings. The van der Waals surface area contributed by atoms with Crippen molar-refractivity contribution in [3.63, 3.8) is 0 Å². The highest BCUT2D eigenvalue weighted by Crippen LogP contribution is 2.36. The summed E-state index contributed by atoms with van der Waals surface area (Å²) < 4.78 is 5.73. The quantitative estimate of drug-likeness (QED) is 0.527. The van der Waals surface area contributed by atoms with E-state index in [1.54, 1.807) is 0 Å². The van der Waals surface area contributed by atoms with Crippen molar-refractivity contribution in [1.29, 1.82) is 0 Å². The molecular weight excluding hydrogens is 410 g/mol. The van der Waals surface area contributed by atoms with E-state index in [9.17, 15) is 4.79 Å². The Morgan fingerprint density at radius 2 is 1.61 bits per heavy atom. The normalized spacial score (nSPS) is 19.5. The van der Waals surface area contributed by atoms with E-state index in [-0.39, 0.29) is 11.4 Å². The van der Waals surface area contributed by atoms with Crippen LogP contribution in [0.5, 0.6) is 5.75 Å². The van der Waals surface area contributed by atoms with E-state index in [1.807, 2.05) is 61.5 Å². The zero-order valence-corrected chi connectivity index (χ0v) is 20.0.